The van der Waals surface area contributed by atoms with Crippen molar-refractivity contribution in [2.75, 3.05) is 5.32 Å². The van der Waals surface area contributed by atoms with E-state index in [9.17, 15) is 18.0 Å². The zero-order chi connectivity index (χ0) is 21.5. The summed E-state index contributed by atoms with van der Waals surface area (Å²) in [6.07, 6.45) is -0.0375. The first-order valence-electron chi connectivity index (χ1n) is 9.45. The minimum Gasteiger partial charge on any atom is -0.298 e. The molecule has 1 amide bonds. The maximum absolute atomic E-state index is 13.0. The van der Waals surface area contributed by atoms with E-state index in [0.717, 1.165) is 48.3 Å². The van der Waals surface area contributed by atoms with Crippen molar-refractivity contribution in [3.8, 4) is 0 Å². The van der Waals surface area contributed by atoms with E-state index in [2.05, 4.69) is 10.3 Å². The molecule has 0 saturated carbocycles. The van der Waals surface area contributed by atoms with Crippen LogP contribution < -0.4 is 5.32 Å². The van der Waals surface area contributed by atoms with Crippen LogP contribution in [0.2, 0.25) is 5.02 Å². The third kappa shape index (κ3) is 4.40. The van der Waals surface area contributed by atoms with E-state index in [1.54, 1.807) is 18.3 Å². The van der Waals surface area contributed by atoms with Gasteiger partial charge in [0.25, 0.3) is 5.91 Å². The standard InChI is InChI=1S/C21H18ClF3N2OS2/c1-11-18(9-12-8-13(21(23,24)25)6-7-16(12)22)30-20(26-11)27-19(28)15-10-29-17-5-3-2-4-14(15)17/h6-8,10H,2-5,9H2,1H3,(H,26,27,28). The number of aryl methyl sites for hydroxylation is 2. The van der Waals surface area contributed by atoms with Crippen molar-refractivity contribution in [3.63, 3.8) is 0 Å². The number of anilines is 1. The van der Waals surface area contributed by atoms with Crippen LogP contribution in [-0.2, 0) is 25.4 Å². The lowest BCUT2D eigenvalue weighted by Crippen LogP contribution is -2.14. The topological polar surface area (TPSA) is 42.0 Å². The molecule has 3 nitrogen and oxygen atoms in total. The first kappa shape index (κ1) is 21.3. The monoisotopic (exact) mass is 470 g/mol. The van der Waals surface area contributed by atoms with E-state index in [1.165, 1.54) is 22.3 Å². The zero-order valence-electron chi connectivity index (χ0n) is 16.0. The largest absolute Gasteiger partial charge is 0.416 e. The van der Waals surface area contributed by atoms with Crippen LogP contribution in [0.15, 0.2) is 23.6 Å². The fourth-order valence-corrected chi connectivity index (χ4v) is 5.84. The van der Waals surface area contributed by atoms with E-state index in [0.29, 0.717) is 22.0 Å². The number of halogens is 4. The Morgan fingerprint density at radius 2 is 2.03 bits per heavy atom. The van der Waals surface area contributed by atoms with Gasteiger partial charge in [0.05, 0.1) is 16.8 Å². The molecule has 9 heteroatoms. The smallest absolute Gasteiger partial charge is 0.298 e. The van der Waals surface area contributed by atoms with Gasteiger partial charge in [0.15, 0.2) is 5.13 Å². The number of benzene rings is 1. The molecule has 0 bridgehead atoms. The molecule has 0 aliphatic heterocycles. The molecule has 0 atom stereocenters. The molecular weight excluding hydrogens is 453 g/mol. The number of hydrogen-bond acceptors (Lipinski definition) is 4. The van der Waals surface area contributed by atoms with Crippen LogP contribution in [0, 0.1) is 6.92 Å². The third-order valence-electron chi connectivity index (χ3n) is 5.14. The van der Waals surface area contributed by atoms with Gasteiger partial charge < -0.3 is 0 Å². The van der Waals surface area contributed by atoms with Crippen molar-refractivity contribution >= 4 is 45.3 Å². The predicted octanol–water partition coefficient (Wildman–Crippen LogP) is 6.91. The SMILES string of the molecule is Cc1nc(NC(=O)c2csc3c2CCCC3)sc1Cc1cc(C(F)(F)F)ccc1Cl. The zero-order valence-corrected chi connectivity index (χ0v) is 18.4. The fourth-order valence-electron chi connectivity index (χ4n) is 3.55. The third-order valence-corrected chi connectivity index (χ3v) is 7.67. The van der Waals surface area contributed by atoms with Crippen LogP contribution in [0.25, 0.3) is 0 Å². The van der Waals surface area contributed by atoms with Crippen LogP contribution in [0.3, 0.4) is 0 Å². The number of thiazole rings is 1. The van der Waals surface area contributed by atoms with Crippen LogP contribution in [0.4, 0.5) is 18.3 Å². The number of thiophene rings is 1. The van der Waals surface area contributed by atoms with Crippen LogP contribution in [-0.4, -0.2) is 10.9 Å². The number of carbonyl (C=O) groups excluding carboxylic acids is 1. The Morgan fingerprint density at radius 1 is 1.27 bits per heavy atom. The van der Waals surface area contributed by atoms with Crippen molar-refractivity contribution in [1.82, 2.24) is 4.98 Å². The molecule has 30 heavy (non-hydrogen) atoms. The van der Waals surface area contributed by atoms with Gasteiger partial charge in [-0.25, -0.2) is 4.98 Å². The number of aromatic nitrogens is 1. The number of hydrogen-bond donors (Lipinski definition) is 1. The lowest BCUT2D eigenvalue weighted by molar-refractivity contribution is -0.137. The lowest BCUT2D eigenvalue weighted by atomic mass is 9.96. The van der Waals surface area contributed by atoms with Crippen molar-refractivity contribution in [2.24, 2.45) is 0 Å². The Labute approximate surface area is 184 Å². The maximum Gasteiger partial charge on any atom is 0.416 e. The molecule has 2 aromatic heterocycles. The van der Waals surface area contributed by atoms with Gasteiger partial charge in [-0.15, -0.1) is 22.7 Å². The fraction of sp³-hybridized carbons (Fsp3) is 0.333. The highest BCUT2D eigenvalue weighted by molar-refractivity contribution is 7.16. The van der Waals surface area contributed by atoms with Gasteiger partial charge in [-0.3, -0.25) is 10.1 Å². The summed E-state index contributed by atoms with van der Waals surface area (Å²) >= 11 is 9.00. The van der Waals surface area contributed by atoms with Crippen molar-refractivity contribution in [2.45, 2.75) is 45.2 Å². The van der Waals surface area contributed by atoms with E-state index in [4.69, 9.17) is 11.6 Å². The summed E-state index contributed by atoms with van der Waals surface area (Å²) in [5.74, 6) is -0.188. The van der Waals surface area contributed by atoms with Gasteiger partial charge in [0, 0.05) is 26.6 Å². The molecule has 0 saturated heterocycles. The second-order valence-corrected chi connectivity index (χ2v) is 9.68. The highest BCUT2D eigenvalue weighted by atomic mass is 35.5. The van der Waals surface area contributed by atoms with Crippen molar-refractivity contribution in [1.29, 1.82) is 0 Å². The molecule has 0 radical (unpaired) electrons. The molecular formula is C21H18ClF3N2OS2. The van der Waals surface area contributed by atoms with E-state index < -0.39 is 11.7 Å². The van der Waals surface area contributed by atoms with Crippen molar-refractivity contribution < 1.29 is 18.0 Å². The predicted molar refractivity (Wildman–Crippen MR) is 115 cm³/mol. The molecule has 158 valence electrons. The molecule has 1 N–H and O–H groups in total. The lowest BCUT2D eigenvalue weighted by Gasteiger charge is -2.12. The number of carbonyl (C=O) groups is 1. The number of alkyl halides is 3. The highest BCUT2D eigenvalue weighted by Gasteiger charge is 2.31. The number of nitrogens with zero attached hydrogens (tertiary/aromatic N) is 1. The summed E-state index contributed by atoms with van der Waals surface area (Å²) in [4.78, 5) is 19.2. The molecule has 0 fully saturated rings. The Hall–Kier alpha value is -1.90. The molecule has 1 aliphatic carbocycles. The summed E-state index contributed by atoms with van der Waals surface area (Å²) in [5, 5.41) is 5.46. The van der Waals surface area contributed by atoms with Gasteiger partial charge >= 0.3 is 6.18 Å². The van der Waals surface area contributed by atoms with Crippen molar-refractivity contribution in [3.05, 3.63) is 66.3 Å². The number of rotatable bonds is 4. The molecule has 0 spiro atoms. The minimum atomic E-state index is -4.43. The van der Waals surface area contributed by atoms with Gasteiger partial charge in [0.1, 0.15) is 0 Å². The summed E-state index contributed by atoms with van der Waals surface area (Å²) in [5.41, 5.74) is 2.14. The van der Waals surface area contributed by atoms with Gasteiger partial charge in [-0.1, -0.05) is 11.6 Å². The number of nitrogens with one attached hydrogen (secondary N) is 1. The van der Waals surface area contributed by atoms with Crippen LogP contribution in [0.1, 0.15) is 55.3 Å². The Kier molecular flexibility index (Phi) is 5.92. The number of amides is 1. The van der Waals surface area contributed by atoms with Crippen LogP contribution in [0.5, 0.6) is 0 Å². The van der Waals surface area contributed by atoms with Gasteiger partial charge in [0.2, 0.25) is 0 Å². The molecule has 0 unspecified atom stereocenters. The molecule has 1 aliphatic rings. The number of fused-ring (bicyclic) bond motifs is 1. The quantitative estimate of drug-likeness (QED) is 0.450. The van der Waals surface area contributed by atoms with E-state index in [1.807, 2.05) is 5.38 Å². The molecule has 2 heterocycles. The van der Waals surface area contributed by atoms with Crippen LogP contribution >= 0.6 is 34.3 Å². The Balaban J connectivity index is 1.53. The summed E-state index contributed by atoms with van der Waals surface area (Å²) < 4.78 is 39.1. The maximum atomic E-state index is 13.0. The average molecular weight is 471 g/mol. The summed E-state index contributed by atoms with van der Waals surface area (Å²) in [6, 6.07) is 3.30. The second-order valence-electron chi connectivity index (χ2n) is 7.22. The first-order chi connectivity index (χ1) is 14.2. The van der Waals surface area contributed by atoms with E-state index >= 15 is 0 Å². The average Bonchev–Trinajstić information content (AvgIpc) is 3.26. The summed E-state index contributed by atoms with van der Waals surface area (Å²) in [7, 11) is 0. The molecule has 4 rings (SSSR count). The van der Waals surface area contributed by atoms with Gasteiger partial charge in [-0.2, -0.15) is 13.2 Å². The highest BCUT2D eigenvalue weighted by Crippen LogP contribution is 2.35. The molecule has 3 aromatic rings. The minimum absolute atomic E-state index is 0.188. The summed E-state index contributed by atoms with van der Waals surface area (Å²) in [6.45, 7) is 1.77. The Bertz CT molecular complexity index is 1100. The second kappa shape index (κ2) is 8.32. The van der Waals surface area contributed by atoms with Gasteiger partial charge in [-0.05, 0) is 61.9 Å². The normalized spacial score (nSPS) is 13.9. The first-order valence-corrected chi connectivity index (χ1v) is 11.5. The Morgan fingerprint density at radius 3 is 2.80 bits per heavy atom. The molecule has 1 aromatic carbocycles. The van der Waals surface area contributed by atoms with E-state index in [-0.39, 0.29) is 17.4 Å².